The van der Waals surface area contributed by atoms with Gasteiger partial charge in [-0.2, -0.15) is 0 Å². The Bertz CT molecular complexity index is 86.2. The molecule has 3 nitrogen and oxygen atoms in total. The van der Waals surface area contributed by atoms with Crippen molar-refractivity contribution >= 4 is 37.8 Å². The van der Waals surface area contributed by atoms with Gasteiger partial charge in [0.25, 0.3) is 5.91 Å². The molecule has 0 heterocycles. The predicted molar refractivity (Wildman–Crippen MR) is 34.0 cm³/mol. The third-order valence-corrected chi connectivity index (χ3v) is 1.11. The summed E-state index contributed by atoms with van der Waals surface area (Å²) in [6, 6.07) is 0. The Labute approximate surface area is 57.7 Å². The fourth-order valence-electron chi connectivity index (χ4n) is 0. The van der Waals surface area contributed by atoms with Crippen molar-refractivity contribution in [2.75, 3.05) is 0 Å². The van der Waals surface area contributed by atoms with E-state index in [1.54, 1.807) is 0 Å². The van der Waals surface area contributed by atoms with Crippen LogP contribution >= 0.6 is 31.9 Å². The standard InChI is InChI=1S/C2H4Br2N2O/c3-2(4,6)1(5)7/h6H2,(H2,5,7). The fraction of sp³-hybridized carbons (Fsp3) is 0.500. The predicted octanol–water partition coefficient (Wildman–Crippen LogP) is -0.126. The Morgan fingerprint density at radius 1 is 1.57 bits per heavy atom. The lowest BCUT2D eigenvalue weighted by Crippen LogP contribution is -2.40. The van der Waals surface area contributed by atoms with Crippen molar-refractivity contribution in [3.05, 3.63) is 0 Å². The summed E-state index contributed by atoms with van der Waals surface area (Å²) in [6.45, 7) is 0. The average Bonchev–Trinajstić information content (AvgIpc) is 1.31. The first-order valence-corrected chi connectivity index (χ1v) is 3.00. The van der Waals surface area contributed by atoms with Gasteiger partial charge in [-0.1, -0.05) is 0 Å². The molecule has 0 saturated carbocycles. The van der Waals surface area contributed by atoms with E-state index >= 15 is 0 Å². The number of hydrogen-bond acceptors (Lipinski definition) is 2. The first kappa shape index (κ1) is 7.39. The number of hydrogen-bond donors (Lipinski definition) is 2. The van der Waals surface area contributed by atoms with E-state index in [1.807, 2.05) is 0 Å². The largest absolute Gasteiger partial charge is 0.367 e. The summed E-state index contributed by atoms with van der Waals surface area (Å²) in [5.41, 5.74) is 9.75. The second kappa shape index (κ2) is 2.11. The molecule has 42 valence electrons. The Morgan fingerprint density at radius 3 is 1.71 bits per heavy atom. The molecule has 7 heavy (non-hydrogen) atoms. The second-order valence-corrected chi connectivity index (χ2v) is 4.55. The number of carbonyl (C=O) groups is 1. The summed E-state index contributed by atoms with van der Waals surface area (Å²) in [6.07, 6.45) is 0. The van der Waals surface area contributed by atoms with Gasteiger partial charge in [0.05, 0.1) is 0 Å². The van der Waals surface area contributed by atoms with Crippen molar-refractivity contribution in [1.29, 1.82) is 0 Å². The zero-order valence-corrected chi connectivity index (χ0v) is 6.49. The lowest BCUT2D eigenvalue weighted by atomic mass is 10.7. The molecule has 0 unspecified atom stereocenters. The maximum atomic E-state index is 10.0. The topological polar surface area (TPSA) is 69.1 Å². The first-order chi connectivity index (χ1) is 2.94. The number of alkyl halides is 2. The molecule has 0 aromatic carbocycles. The van der Waals surface area contributed by atoms with Gasteiger partial charge >= 0.3 is 0 Å². The highest BCUT2D eigenvalue weighted by atomic mass is 79.9. The molecule has 0 aliphatic rings. The van der Waals surface area contributed by atoms with Crippen LogP contribution in [0.4, 0.5) is 0 Å². The molecule has 0 saturated heterocycles. The van der Waals surface area contributed by atoms with Crippen LogP contribution in [0.3, 0.4) is 0 Å². The monoisotopic (exact) mass is 230 g/mol. The number of carbonyl (C=O) groups excluding carboxylic acids is 1. The molecule has 4 N–H and O–H groups in total. The number of amides is 1. The smallest absolute Gasteiger partial charge is 0.259 e. The van der Waals surface area contributed by atoms with Crippen molar-refractivity contribution in [2.24, 2.45) is 11.5 Å². The van der Waals surface area contributed by atoms with Gasteiger partial charge in [0, 0.05) is 0 Å². The molecule has 0 rings (SSSR count). The van der Waals surface area contributed by atoms with Gasteiger partial charge in [-0.05, 0) is 31.9 Å². The Morgan fingerprint density at radius 2 is 1.71 bits per heavy atom. The van der Waals surface area contributed by atoms with Crippen LogP contribution in [0.2, 0.25) is 0 Å². The molecule has 5 heteroatoms. The SMILES string of the molecule is NC(=O)C(N)(Br)Br. The van der Waals surface area contributed by atoms with Crippen LogP contribution in [-0.2, 0) is 4.79 Å². The maximum absolute atomic E-state index is 10.0. The zero-order chi connectivity index (χ0) is 6.08. The molecule has 0 aliphatic carbocycles. The van der Waals surface area contributed by atoms with Gasteiger partial charge < -0.3 is 5.73 Å². The normalized spacial score (nSPS) is 11.3. The van der Waals surface area contributed by atoms with E-state index in [2.05, 4.69) is 31.9 Å². The summed E-state index contributed by atoms with van der Waals surface area (Å²) in [5.74, 6) is -0.646. The van der Waals surface area contributed by atoms with E-state index < -0.39 is 9.26 Å². The Kier molecular flexibility index (Phi) is 2.22. The molecule has 0 aliphatic heterocycles. The highest BCUT2D eigenvalue weighted by Crippen LogP contribution is 2.16. The summed E-state index contributed by atoms with van der Waals surface area (Å²) >= 11 is 5.53. The molecule has 0 aromatic rings. The van der Waals surface area contributed by atoms with Gasteiger partial charge in [0.15, 0.2) is 0 Å². The van der Waals surface area contributed by atoms with E-state index in [-0.39, 0.29) is 0 Å². The van der Waals surface area contributed by atoms with Gasteiger partial charge in [0.1, 0.15) is 0 Å². The minimum Gasteiger partial charge on any atom is -0.367 e. The highest BCUT2D eigenvalue weighted by molar-refractivity contribution is 9.25. The van der Waals surface area contributed by atoms with Crippen LogP contribution in [0.1, 0.15) is 0 Å². The second-order valence-electron chi connectivity index (χ2n) is 0.987. The Hall–Kier alpha value is 0.390. The molecule has 0 aromatic heterocycles. The van der Waals surface area contributed by atoms with E-state index in [0.29, 0.717) is 0 Å². The van der Waals surface area contributed by atoms with Crippen molar-refractivity contribution < 1.29 is 4.79 Å². The van der Waals surface area contributed by atoms with Crippen LogP contribution in [-0.4, -0.2) is 9.26 Å². The molecule has 1 amide bonds. The van der Waals surface area contributed by atoms with Gasteiger partial charge in [-0.15, -0.1) is 0 Å². The maximum Gasteiger partial charge on any atom is 0.259 e. The van der Waals surface area contributed by atoms with Crippen molar-refractivity contribution in [3.63, 3.8) is 0 Å². The highest BCUT2D eigenvalue weighted by Gasteiger charge is 2.22. The quantitative estimate of drug-likeness (QED) is 0.488. The van der Waals surface area contributed by atoms with Gasteiger partial charge in [-0.25, -0.2) is 0 Å². The van der Waals surface area contributed by atoms with Crippen molar-refractivity contribution in [3.8, 4) is 0 Å². The summed E-state index contributed by atoms with van der Waals surface area (Å²) in [7, 11) is 0. The van der Waals surface area contributed by atoms with Crippen LogP contribution in [0.5, 0.6) is 0 Å². The molecular weight excluding hydrogens is 228 g/mol. The molecule has 0 fully saturated rings. The lowest BCUT2D eigenvalue weighted by molar-refractivity contribution is -0.117. The molecule has 0 radical (unpaired) electrons. The molecule has 0 bridgehead atoms. The van der Waals surface area contributed by atoms with Crippen molar-refractivity contribution in [1.82, 2.24) is 0 Å². The van der Waals surface area contributed by atoms with E-state index in [1.165, 1.54) is 0 Å². The van der Waals surface area contributed by atoms with Gasteiger partial charge in [0.2, 0.25) is 3.36 Å². The van der Waals surface area contributed by atoms with Crippen LogP contribution in [0, 0.1) is 0 Å². The number of halogens is 2. The van der Waals surface area contributed by atoms with Crippen LogP contribution in [0.25, 0.3) is 0 Å². The number of primary amides is 1. The first-order valence-electron chi connectivity index (χ1n) is 1.41. The summed E-state index contributed by atoms with van der Waals surface area (Å²) < 4.78 is -1.24. The van der Waals surface area contributed by atoms with Crippen molar-refractivity contribution in [2.45, 2.75) is 3.36 Å². The van der Waals surface area contributed by atoms with Crippen LogP contribution in [0.15, 0.2) is 0 Å². The van der Waals surface area contributed by atoms with E-state index in [4.69, 9.17) is 11.5 Å². The molecule has 0 spiro atoms. The van der Waals surface area contributed by atoms with Gasteiger partial charge in [-0.3, -0.25) is 10.5 Å². The fourth-order valence-corrected chi connectivity index (χ4v) is 0. The number of nitrogens with two attached hydrogens (primary N) is 2. The summed E-state index contributed by atoms with van der Waals surface area (Å²) in [4.78, 5) is 10.0. The molecular formula is C2H4Br2N2O. The third kappa shape index (κ3) is 3.02. The van der Waals surface area contributed by atoms with E-state index in [9.17, 15) is 4.79 Å². The third-order valence-electron chi connectivity index (χ3n) is 0.329. The minimum absolute atomic E-state index is 0.646. The zero-order valence-electron chi connectivity index (χ0n) is 3.32. The molecule has 0 atom stereocenters. The average molecular weight is 232 g/mol. The van der Waals surface area contributed by atoms with E-state index in [0.717, 1.165) is 0 Å². The number of rotatable bonds is 1. The Balaban J connectivity index is 3.79. The van der Waals surface area contributed by atoms with Crippen LogP contribution < -0.4 is 11.5 Å². The lowest BCUT2D eigenvalue weighted by Gasteiger charge is -2.05. The summed E-state index contributed by atoms with van der Waals surface area (Å²) in [5, 5.41) is 0. The minimum atomic E-state index is -1.24.